The van der Waals surface area contributed by atoms with Crippen LogP contribution in [0.15, 0.2) is 54.6 Å². The van der Waals surface area contributed by atoms with E-state index < -0.39 is 0 Å². The molecule has 0 spiro atoms. The smallest absolute Gasteiger partial charge is 0.338 e. The first-order valence-corrected chi connectivity index (χ1v) is 5.60. The van der Waals surface area contributed by atoms with E-state index >= 15 is 0 Å². The number of rotatable bonds is 3. The van der Waals surface area contributed by atoms with Gasteiger partial charge < -0.3 is 4.74 Å². The van der Waals surface area contributed by atoms with Gasteiger partial charge in [0.2, 0.25) is 0 Å². The first-order valence-electron chi connectivity index (χ1n) is 5.22. The summed E-state index contributed by atoms with van der Waals surface area (Å²) < 4.78 is 5.17. The molecule has 0 fully saturated rings. The molecule has 0 aliphatic heterocycles. The van der Waals surface area contributed by atoms with Crippen molar-refractivity contribution in [3.05, 3.63) is 70.7 Å². The van der Waals surface area contributed by atoms with Gasteiger partial charge in [-0.05, 0) is 23.8 Å². The summed E-state index contributed by atoms with van der Waals surface area (Å²) in [4.78, 5) is 11.7. The molecule has 0 saturated heterocycles. The van der Waals surface area contributed by atoms with E-state index in [1.165, 1.54) is 0 Å². The van der Waals surface area contributed by atoms with Crippen molar-refractivity contribution in [1.82, 2.24) is 0 Å². The van der Waals surface area contributed by atoms with E-state index in [0.29, 0.717) is 10.6 Å². The van der Waals surface area contributed by atoms with Crippen LogP contribution in [0.5, 0.6) is 0 Å². The zero-order valence-corrected chi connectivity index (χ0v) is 13.5. The molecule has 2 rings (SSSR count). The van der Waals surface area contributed by atoms with Crippen LogP contribution in [0.4, 0.5) is 0 Å². The Labute approximate surface area is 124 Å². The van der Waals surface area contributed by atoms with Crippen LogP contribution in [0.2, 0.25) is 5.02 Å². The van der Waals surface area contributed by atoms with Crippen LogP contribution in [0, 0.1) is 0 Å². The molecular formula is C14H11ClO2Zn. The molecule has 0 aliphatic carbocycles. The van der Waals surface area contributed by atoms with Gasteiger partial charge in [0.1, 0.15) is 6.61 Å². The Morgan fingerprint density at radius 1 is 1.06 bits per heavy atom. The Kier molecular flexibility index (Phi) is 6.04. The van der Waals surface area contributed by atoms with Crippen LogP contribution in [0.1, 0.15) is 15.9 Å². The molecule has 18 heavy (non-hydrogen) atoms. The van der Waals surface area contributed by atoms with Gasteiger partial charge in [0, 0.05) is 24.5 Å². The second kappa shape index (κ2) is 7.30. The van der Waals surface area contributed by atoms with Gasteiger partial charge >= 0.3 is 5.97 Å². The van der Waals surface area contributed by atoms with Crippen LogP contribution in [0.25, 0.3) is 0 Å². The molecule has 4 heteroatoms. The molecule has 0 N–H and O–H groups in total. The molecule has 88 valence electrons. The summed E-state index contributed by atoms with van der Waals surface area (Å²) >= 11 is 5.80. The predicted octanol–water partition coefficient (Wildman–Crippen LogP) is 3.69. The molecule has 0 heterocycles. The minimum atomic E-state index is -0.364. The van der Waals surface area contributed by atoms with Crippen LogP contribution in [0.3, 0.4) is 0 Å². The Morgan fingerprint density at radius 2 is 1.78 bits per heavy atom. The number of ether oxygens (including phenoxy) is 1. The van der Waals surface area contributed by atoms with Gasteiger partial charge in [-0.1, -0.05) is 48.0 Å². The molecule has 0 unspecified atom stereocenters. The van der Waals surface area contributed by atoms with Gasteiger partial charge in [0.15, 0.2) is 0 Å². The Bertz CT molecular complexity index is 514. The number of carbonyl (C=O) groups excluding carboxylic acids is 1. The third-order valence-corrected chi connectivity index (χ3v) is 2.51. The van der Waals surface area contributed by atoms with E-state index in [2.05, 4.69) is 0 Å². The van der Waals surface area contributed by atoms with E-state index in [9.17, 15) is 4.79 Å². The summed E-state index contributed by atoms with van der Waals surface area (Å²) in [5, 5.41) is 0.527. The molecule has 0 atom stereocenters. The van der Waals surface area contributed by atoms with Crippen molar-refractivity contribution < 1.29 is 29.0 Å². The van der Waals surface area contributed by atoms with Gasteiger partial charge in [-0.25, -0.2) is 4.79 Å². The Morgan fingerprint density at radius 3 is 2.44 bits per heavy atom. The van der Waals surface area contributed by atoms with Crippen LogP contribution in [-0.4, -0.2) is 5.97 Å². The minimum absolute atomic E-state index is 0. The fraction of sp³-hybridized carbons (Fsp3) is 0.0714. The number of benzene rings is 2. The van der Waals surface area contributed by atoms with Crippen molar-refractivity contribution in [3.8, 4) is 0 Å². The average Bonchev–Trinajstić information content (AvgIpc) is 2.37. The molecule has 0 radical (unpaired) electrons. The van der Waals surface area contributed by atoms with Crippen molar-refractivity contribution in [1.29, 1.82) is 0 Å². The summed E-state index contributed by atoms with van der Waals surface area (Å²) in [6, 6.07) is 16.3. The Balaban J connectivity index is 0.00000162. The maximum absolute atomic E-state index is 11.7. The topological polar surface area (TPSA) is 26.3 Å². The maximum atomic E-state index is 11.7. The Hall–Kier alpha value is -1.18. The number of esters is 1. The van der Waals surface area contributed by atoms with Crippen molar-refractivity contribution in [2.24, 2.45) is 0 Å². The molecule has 2 nitrogen and oxygen atoms in total. The first-order chi connectivity index (χ1) is 8.25. The third kappa shape index (κ3) is 4.25. The number of carbonyl (C=O) groups is 1. The number of hydrogen-bond donors (Lipinski definition) is 0. The summed E-state index contributed by atoms with van der Waals surface area (Å²) in [5.74, 6) is -0.364. The zero-order valence-electron chi connectivity index (χ0n) is 9.80. The molecule has 2 aromatic rings. The van der Waals surface area contributed by atoms with Crippen molar-refractivity contribution in [2.45, 2.75) is 6.61 Å². The van der Waals surface area contributed by atoms with Crippen molar-refractivity contribution >= 4 is 17.6 Å². The van der Waals surface area contributed by atoms with Crippen molar-refractivity contribution in [2.75, 3.05) is 0 Å². The second-order valence-electron chi connectivity index (χ2n) is 3.57. The van der Waals surface area contributed by atoms with Gasteiger partial charge in [0.05, 0.1) is 5.56 Å². The van der Waals surface area contributed by atoms with Crippen molar-refractivity contribution in [3.63, 3.8) is 0 Å². The molecule has 0 aromatic heterocycles. The van der Waals surface area contributed by atoms with E-state index in [1.54, 1.807) is 24.3 Å². The number of hydrogen-bond acceptors (Lipinski definition) is 2. The second-order valence-corrected chi connectivity index (χ2v) is 4.01. The molecule has 0 amide bonds. The van der Waals surface area contributed by atoms with Gasteiger partial charge in [-0.3, -0.25) is 0 Å². The quantitative estimate of drug-likeness (QED) is 0.638. The van der Waals surface area contributed by atoms with E-state index in [0.717, 1.165) is 5.56 Å². The molecular weight excluding hydrogens is 301 g/mol. The maximum Gasteiger partial charge on any atom is 0.338 e. The summed E-state index contributed by atoms with van der Waals surface area (Å²) in [5.41, 5.74) is 1.43. The molecule has 0 aliphatic rings. The monoisotopic (exact) mass is 310 g/mol. The van der Waals surface area contributed by atoms with Crippen LogP contribution >= 0.6 is 11.6 Å². The largest absolute Gasteiger partial charge is 0.457 e. The molecule has 2 aromatic carbocycles. The summed E-state index contributed by atoms with van der Waals surface area (Å²) in [7, 11) is 0. The van der Waals surface area contributed by atoms with Crippen LogP contribution < -0.4 is 0 Å². The van der Waals surface area contributed by atoms with E-state index in [4.69, 9.17) is 16.3 Å². The summed E-state index contributed by atoms with van der Waals surface area (Å²) in [6.07, 6.45) is 0. The normalized spacial score (nSPS) is 9.39. The minimum Gasteiger partial charge on any atom is -0.457 e. The standard InChI is InChI=1S/C14H11ClO2.Zn/c15-13-8-4-7-12(9-13)14(16)17-10-11-5-2-1-3-6-11;/h1-9H,10H2;. The fourth-order valence-corrected chi connectivity index (χ4v) is 1.61. The predicted molar refractivity (Wildman–Crippen MR) is 67.0 cm³/mol. The first kappa shape index (κ1) is 14.9. The number of halogens is 1. The fourth-order valence-electron chi connectivity index (χ4n) is 1.42. The third-order valence-electron chi connectivity index (χ3n) is 2.27. The average molecular weight is 312 g/mol. The van der Waals surface area contributed by atoms with Gasteiger partial charge in [-0.15, -0.1) is 0 Å². The van der Waals surface area contributed by atoms with E-state index in [-0.39, 0.29) is 32.1 Å². The molecule has 0 bridgehead atoms. The van der Waals surface area contributed by atoms with Crippen LogP contribution in [-0.2, 0) is 30.8 Å². The van der Waals surface area contributed by atoms with E-state index in [1.807, 2.05) is 30.3 Å². The van der Waals surface area contributed by atoms with Gasteiger partial charge in [-0.2, -0.15) is 0 Å². The zero-order chi connectivity index (χ0) is 12.1. The summed E-state index contributed by atoms with van der Waals surface area (Å²) in [6.45, 7) is 0.270. The van der Waals surface area contributed by atoms with Gasteiger partial charge in [0.25, 0.3) is 0 Å². The molecule has 0 saturated carbocycles. The SMILES string of the molecule is O=C(OCc1ccccc1)c1cccc(Cl)c1.[Zn].